The lowest BCUT2D eigenvalue weighted by atomic mass is 10.1. The molecule has 3 aromatic rings. The van der Waals surface area contributed by atoms with E-state index >= 15 is 0 Å². The topological polar surface area (TPSA) is 117 Å². The molecule has 2 amide bonds. The predicted octanol–water partition coefficient (Wildman–Crippen LogP) is 3.42. The van der Waals surface area contributed by atoms with Crippen LogP contribution in [0.4, 0.5) is 23.0 Å². The number of piperidine rings is 1. The highest BCUT2D eigenvalue weighted by Gasteiger charge is 2.15. The Morgan fingerprint density at radius 2 is 1.62 bits per heavy atom. The molecule has 9 nitrogen and oxygen atoms in total. The number of benzene rings is 2. The van der Waals surface area contributed by atoms with E-state index in [1.54, 1.807) is 24.4 Å². The van der Waals surface area contributed by atoms with E-state index in [9.17, 15) is 9.59 Å². The van der Waals surface area contributed by atoms with Gasteiger partial charge in [0.25, 0.3) is 0 Å². The van der Waals surface area contributed by atoms with E-state index in [4.69, 9.17) is 4.74 Å². The van der Waals surface area contributed by atoms with Crippen LogP contribution in [0, 0.1) is 0 Å². The van der Waals surface area contributed by atoms with Gasteiger partial charge in [0, 0.05) is 48.6 Å². The van der Waals surface area contributed by atoms with Gasteiger partial charge in [0.1, 0.15) is 11.9 Å². The average molecular weight is 435 g/mol. The summed E-state index contributed by atoms with van der Waals surface area (Å²) in [5.74, 6) is 0.762. The molecule has 4 rings (SSSR count). The number of amides is 2. The van der Waals surface area contributed by atoms with Crippen LogP contribution in [-0.2, 0) is 9.59 Å². The molecular formula is C23H26N6O3. The van der Waals surface area contributed by atoms with Crippen LogP contribution in [-0.4, -0.2) is 41.0 Å². The predicted molar refractivity (Wildman–Crippen MR) is 124 cm³/mol. The Morgan fingerprint density at radius 1 is 0.969 bits per heavy atom. The molecular weight excluding hydrogens is 408 g/mol. The van der Waals surface area contributed by atoms with E-state index in [0.29, 0.717) is 23.0 Å². The second-order valence-corrected chi connectivity index (χ2v) is 7.77. The first-order valence-electron chi connectivity index (χ1n) is 10.6. The van der Waals surface area contributed by atoms with Crippen LogP contribution in [0.1, 0.15) is 26.7 Å². The fourth-order valence-electron chi connectivity index (χ4n) is 3.62. The summed E-state index contributed by atoms with van der Waals surface area (Å²) >= 11 is 0. The van der Waals surface area contributed by atoms with E-state index in [2.05, 4.69) is 31.2 Å². The molecule has 0 atom stereocenters. The maximum Gasteiger partial charge on any atom is 0.227 e. The highest BCUT2D eigenvalue weighted by Crippen LogP contribution is 2.26. The first kappa shape index (κ1) is 21.5. The number of fused-ring (bicyclic) bond motifs is 1. The molecule has 166 valence electrons. The van der Waals surface area contributed by atoms with E-state index in [-0.39, 0.29) is 17.9 Å². The molecule has 0 radical (unpaired) electrons. The van der Waals surface area contributed by atoms with Crippen molar-refractivity contribution in [3.05, 3.63) is 42.6 Å². The first-order valence-corrected chi connectivity index (χ1v) is 10.6. The fourth-order valence-corrected chi connectivity index (χ4v) is 3.62. The van der Waals surface area contributed by atoms with Crippen molar-refractivity contribution in [1.29, 1.82) is 0 Å². The Hall–Kier alpha value is -3.72. The van der Waals surface area contributed by atoms with Crippen molar-refractivity contribution >= 4 is 45.7 Å². The molecule has 1 aliphatic heterocycles. The van der Waals surface area contributed by atoms with Crippen LogP contribution < -0.4 is 26.0 Å². The summed E-state index contributed by atoms with van der Waals surface area (Å²) in [6, 6.07) is 11.0. The van der Waals surface area contributed by atoms with E-state index in [1.165, 1.54) is 13.8 Å². The number of nitrogens with one attached hydrogen (secondary N) is 4. The van der Waals surface area contributed by atoms with Gasteiger partial charge in [-0.05, 0) is 56.3 Å². The van der Waals surface area contributed by atoms with E-state index < -0.39 is 0 Å². The lowest BCUT2D eigenvalue weighted by Gasteiger charge is -2.23. The smallest absolute Gasteiger partial charge is 0.227 e. The van der Waals surface area contributed by atoms with Crippen molar-refractivity contribution in [3.63, 3.8) is 0 Å². The van der Waals surface area contributed by atoms with Crippen LogP contribution in [0.5, 0.6) is 5.75 Å². The molecule has 0 unspecified atom stereocenters. The van der Waals surface area contributed by atoms with Crippen molar-refractivity contribution in [3.8, 4) is 5.75 Å². The normalized spacial score (nSPS) is 14.1. The summed E-state index contributed by atoms with van der Waals surface area (Å²) < 4.78 is 6.13. The van der Waals surface area contributed by atoms with Crippen LogP contribution >= 0.6 is 0 Å². The molecule has 32 heavy (non-hydrogen) atoms. The van der Waals surface area contributed by atoms with Gasteiger partial charge >= 0.3 is 0 Å². The molecule has 0 aliphatic carbocycles. The van der Waals surface area contributed by atoms with Gasteiger partial charge in [0.05, 0.1) is 5.52 Å². The van der Waals surface area contributed by atoms with Crippen molar-refractivity contribution in [2.24, 2.45) is 0 Å². The number of anilines is 4. The largest absolute Gasteiger partial charge is 0.490 e. The molecule has 2 heterocycles. The minimum Gasteiger partial charge on any atom is -0.490 e. The van der Waals surface area contributed by atoms with Crippen LogP contribution in [0.15, 0.2) is 42.6 Å². The number of carbonyl (C=O) groups excluding carboxylic acids is 2. The second kappa shape index (κ2) is 9.61. The van der Waals surface area contributed by atoms with E-state index in [0.717, 1.165) is 42.6 Å². The lowest BCUT2D eigenvalue weighted by Crippen LogP contribution is -2.34. The van der Waals surface area contributed by atoms with Crippen molar-refractivity contribution < 1.29 is 14.3 Å². The summed E-state index contributed by atoms with van der Waals surface area (Å²) in [6.07, 6.45) is 3.91. The van der Waals surface area contributed by atoms with Crippen LogP contribution in [0.25, 0.3) is 10.9 Å². The van der Waals surface area contributed by atoms with Crippen molar-refractivity contribution in [1.82, 2.24) is 15.3 Å². The van der Waals surface area contributed by atoms with Gasteiger partial charge in [-0.1, -0.05) is 0 Å². The summed E-state index contributed by atoms with van der Waals surface area (Å²) in [6.45, 7) is 4.78. The van der Waals surface area contributed by atoms with Gasteiger partial charge in [0.2, 0.25) is 17.8 Å². The maximum atomic E-state index is 11.5. The number of carbonyl (C=O) groups is 2. The average Bonchev–Trinajstić information content (AvgIpc) is 2.73. The van der Waals surface area contributed by atoms with Gasteiger partial charge in [0.15, 0.2) is 0 Å². The maximum absolute atomic E-state index is 11.5. The molecule has 0 spiro atoms. The number of ether oxygens (including phenoxy) is 1. The summed E-state index contributed by atoms with van der Waals surface area (Å²) in [5, 5.41) is 12.8. The number of rotatable bonds is 6. The summed E-state index contributed by atoms with van der Waals surface area (Å²) in [4.78, 5) is 32.0. The zero-order valence-electron chi connectivity index (χ0n) is 18.1. The van der Waals surface area contributed by atoms with E-state index in [1.807, 2.05) is 18.2 Å². The zero-order valence-corrected chi connectivity index (χ0v) is 18.1. The van der Waals surface area contributed by atoms with Crippen LogP contribution in [0.2, 0.25) is 0 Å². The second-order valence-electron chi connectivity index (χ2n) is 7.77. The molecule has 1 fully saturated rings. The number of hydrogen-bond donors (Lipinski definition) is 4. The zero-order chi connectivity index (χ0) is 22.5. The number of nitrogens with zero attached hydrogens (tertiary/aromatic N) is 2. The fraction of sp³-hybridized carbons (Fsp3) is 0.304. The molecule has 1 saturated heterocycles. The molecule has 0 saturated carbocycles. The molecule has 0 bridgehead atoms. The Labute approximate surface area is 186 Å². The van der Waals surface area contributed by atoms with Gasteiger partial charge < -0.3 is 26.0 Å². The Balaban J connectivity index is 1.57. The molecule has 4 N–H and O–H groups in total. The standard InChI is InChI=1S/C23H26N6O3/c1-14(30)26-17-9-18(27-15(2)31)11-19(10-17)28-23-25-13-16-3-4-21(12-22(16)29-23)32-20-5-7-24-8-6-20/h3-4,9-13,20,24H,5-8H2,1-2H3,(H,26,30)(H,27,31)(H,25,28,29). The highest BCUT2D eigenvalue weighted by molar-refractivity contribution is 5.93. The van der Waals surface area contributed by atoms with Gasteiger partial charge in [-0.15, -0.1) is 0 Å². The highest BCUT2D eigenvalue weighted by atomic mass is 16.5. The Morgan fingerprint density at radius 3 is 2.28 bits per heavy atom. The van der Waals surface area contributed by atoms with Gasteiger partial charge in [-0.25, -0.2) is 9.97 Å². The third kappa shape index (κ3) is 5.70. The van der Waals surface area contributed by atoms with Gasteiger partial charge in [-0.3, -0.25) is 9.59 Å². The number of aromatic nitrogens is 2. The van der Waals surface area contributed by atoms with Crippen LogP contribution in [0.3, 0.4) is 0 Å². The molecule has 2 aromatic carbocycles. The van der Waals surface area contributed by atoms with Gasteiger partial charge in [-0.2, -0.15) is 0 Å². The lowest BCUT2D eigenvalue weighted by molar-refractivity contribution is -0.115. The quantitative estimate of drug-likeness (QED) is 0.470. The Kier molecular flexibility index (Phi) is 6.46. The molecule has 1 aliphatic rings. The summed E-state index contributed by atoms with van der Waals surface area (Å²) in [7, 11) is 0. The number of hydrogen-bond acceptors (Lipinski definition) is 7. The minimum atomic E-state index is -0.209. The minimum absolute atomic E-state index is 0.205. The van der Waals surface area contributed by atoms with Crippen molar-refractivity contribution in [2.75, 3.05) is 29.0 Å². The Bertz CT molecular complexity index is 1110. The SMILES string of the molecule is CC(=O)Nc1cc(NC(C)=O)cc(Nc2ncc3ccc(OC4CCNCC4)cc3n2)c1. The van der Waals surface area contributed by atoms with Crippen molar-refractivity contribution in [2.45, 2.75) is 32.8 Å². The third-order valence-corrected chi connectivity index (χ3v) is 4.97. The molecule has 1 aromatic heterocycles. The molecule has 9 heteroatoms. The summed E-state index contributed by atoms with van der Waals surface area (Å²) in [5.41, 5.74) is 2.48. The first-order chi connectivity index (χ1) is 15.4. The third-order valence-electron chi connectivity index (χ3n) is 4.97. The monoisotopic (exact) mass is 434 g/mol.